The maximum absolute atomic E-state index is 12.3. The molecule has 2 aromatic carbocycles. The highest BCUT2D eigenvalue weighted by atomic mass is 16.3. The maximum Gasteiger partial charge on any atom is 0.295 e. The van der Waals surface area contributed by atoms with Crippen LogP contribution in [0.15, 0.2) is 76.4 Å². The average Bonchev–Trinajstić information content (AvgIpc) is 3.30. The van der Waals surface area contributed by atoms with Gasteiger partial charge in [0.05, 0.1) is 11.9 Å². The fraction of sp³-hybridized carbons (Fsp3) is 0.0500. The van der Waals surface area contributed by atoms with Crippen LogP contribution in [-0.2, 0) is 0 Å². The van der Waals surface area contributed by atoms with Gasteiger partial charge in [-0.25, -0.2) is 10.1 Å². The van der Waals surface area contributed by atoms with Gasteiger partial charge in [0.2, 0.25) is 0 Å². The number of fused-ring (bicyclic) bond motifs is 1. The van der Waals surface area contributed by atoms with Crippen LogP contribution in [0.25, 0.3) is 16.7 Å². The second kappa shape index (κ2) is 6.80. The number of para-hydroxylation sites is 2. The number of aromatic nitrogens is 2. The van der Waals surface area contributed by atoms with Gasteiger partial charge in [0.25, 0.3) is 5.91 Å². The van der Waals surface area contributed by atoms with Crippen LogP contribution in [0.5, 0.6) is 5.75 Å². The molecule has 4 aromatic rings. The van der Waals surface area contributed by atoms with E-state index in [4.69, 9.17) is 4.42 Å². The molecule has 2 heterocycles. The molecule has 0 saturated heterocycles. The molecule has 7 nitrogen and oxygen atoms in total. The lowest BCUT2D eigenvalue weighted by atomic mass is 10.2. The number of amides is 1. The highest BCUT2D eigenvalue weighted by Gasteiger charge is 2.17. The number of nitrogens with one attached hydrogen (secondary N) is 1. The summed E-state index contributed by atoms with van der Waals surface area (Å²) in [4.78, 5) is 12.3. The molecule has 0 radical (unpaired) electrons. The normalized spacial score (nSPS) is 11.7. The van der Waals surface area contributed by atoms with Crippen molar-refractivity contribution < 1.29 is 14.3 Å². The smallest absolute Gasteiger partial charge is 0.295 e. The Morgan fingerprint density at radius 1 is 1.15 bits per heavy atom. The standard InChI is InChI=1S/C20H16N4O3/c1-13(18-11-14-7-5-6-10-17(14)27-18)21-22-20(26)19-16(25)12-24(23-19)15-8-3-2-4-9-15/h2-12,25H,1H3,(H,22,26)/b21-13+. The van der Waals surface area contributed by atoms with Crippen LogP contribution in [0.4, 0.5) is 0 Å². The number of furan rings is 1. The van der Waals surface area contributed by atoms with Crippen molar-refractivity contribution >= 4 is 22.6 Å². The van der Waals surface area contributed by atoms with Crippen molar-refractivity contribution in [2.45, 2.75) is 6.92 Å². The summed E-state index contributed by atoms with van der Waals surface area (Å²) in [7, 11) is 0. The summed E-state index contributed by atoms with van der Waals surface area (Å²) >= 11 is 0. The lowest BCUT2D eigenvalue weighted by Crippen LogP contribution is -2.20. The Labute approximate surface area is 154 Å². The number of carbonyl (C=O) groups excluding carboxylic acids is 1. The Morgan fingerprint density at radius 2 is 1.89 bits per heavy atom. The van der Waals surface area contributed by atoms with Crippen molar-refractivity contribution in [2.75, 3.05) is 0 Å². The Balaban J connectivity index is 1.53. The number of hydrogen-bond donors (Lipinski definition) is 2. The van der Waals surface area contributed by atoms with E-state index in [1.54, 1.807) is 6.92 Å². The van der Waals surface area contributed by atoms with Crippen molar-refractivity contribution in [3.63, 3.8) is 0 Å². The summed E-state index contributed by atoms with van der Waals surface area (Å²) in [6.45, 7) is 1.72. The molecular formula is C20H16N4O3. The van der Waals surface area contributed by atoms with Crippen molar-refractivity contribution in [3.8, 4) is 11.4 Å². The molecule has 134 valence electrons. The monoisotopic (exact) mass is 360 g/mol. The predicted molar refractivity (Wildman–Crippen MR) is 101 cm³/mol. The van der Waals surface area contributed by atoms with E-state index in [1.807, 2.05) is 60.7 Å². The minimum atomic E-state index is -0.613. The van der Waals surface area contributed by atoms with Crippen LogP contribution in [0, 0.1) is 0 Å². The molecule has 4 rings (SSSR count). The topological polar surface area (TPSA) is 92.7 Å². The first-order valence-corrected chi connectivity index (χ1v) is 8.29. The molecule has 1 amide bonds. The number of aromatic hydroxyl groups is 1. The van der Waals surface area contributed by atoms with Crippen molar-refractivity contribution in [2.24, 2.45) is 5.10 Å². The van der Waals surface area contributed by atoms with Gasteiger partial charge in [0.1, 0.15) is 11.3 Å². The van der Waals surface area contributed by atoms with E-state index in [1.165, 1.54) is 10.9 Å². The first kappa shape index (κ1) is 16.6. The third kappa shape index (κ3) is 3.30. The molecule has 0 aliphatic rings. The molecule has 0 saturated carbocycles. The first-order valence-electron chi connectivity index (χ1n) is 8.29. The van der Waals surface area contributed by atoms with Crippen LogP contribution in [-0.4, -0.2) is 26.5 Å². The molecule has 0 unspecified atom stereocenters. The zero-order valence-electron chi connectivity index (χ0n) is 14.5. The van der Waals surface area contributed by atoms with Crippen LogP contribution in [0.2, 0.25) is 0 Å². The van der Waals surface area contributed by atoms with Crippen LogP contribution < -0.4 is 5.43 Å². The largest absolute Gasteiger partial charge is 0.504 e. The Morgan fingerprint density at radius 3 is 2.67 bits per heavy atom. The summed E-state index contributed by atoms with van der Waals surface area (Å²) in [5, 5.41) is 19.2. The van der Waals surface area contributed by atoms with E-state index in [2.05, 4.69) is 15.6 Å². The highest BCUT2D eigenvalue weighted by Crippen LogP contribution is 2.20. The van der Waals surface area contributed by atoms with Crippen LogP contribution in [0.1, 0.15) is 23.2 Å². The molecule has 7 heteroatoms. The Hall–Kier alpha value is -3.87. The quantitative estimate of drug-likeness (QED) is 0.430. The SMILES string of the molecule is C/C(=N\NC(=O)c1nn(-c2ccccc2)cc1O)c1cc2ccccc2o1. The molecule has 0 spiro atoms. The number of rotatable bonds is 4. The lowest BCUT2D eigenvalue weighted by Gasteiger charge is -2.00. The predicted octanol–water partition coefficient (Wildman–Crippen LogP) is 3.48. The zero-order valence-corrected chi connectivity index (χ0v) is 14.5. The molecule has 0 fully saturated rings. The fourth-order valence-corrected chi connectivity index (χ4v) is 2.64. The van der Waals surface area contributed by atoms with Crippen LogP contribution in [0.3, 0.4) is 0 Å². The molecule has 0 atom stereocenters. The number of benzene rings is 2. The van der Waals surface area contributed by atoms with E-state index in [-0.39, 0.29) is 11.4 Å². The van der Waals surface area contributed by atoms with Gasteiger partial charge in [0, 0.05) is 5.39 Å². The highest BCUT2D eigenvalue weighted by molar-refractivity contribution is 6.01. The molecule has 2 aromatic heterocycles. The van der Waals surface area contributed by atoms with E-state index in [9.17, 15) is 9.90 Å². The molecule has 2 N–H and O–H groups in total. The second-order valence-electron chi connectivity index (χ2n) is 5.93. The van der Waals surface area contributed by atoms with Crippen molar-refractivity contribution in [1.82, 2.24) is 15.2 Å². The summed E-state index contributed by atoms with van der Waals surface area (Å²) in [6, 6.07) is 18.6. The van der Waals surface area contributed by atoms with Gasteiger partial charge in [-0.2, -0.15) is 10.2 Å². The first-order chi connectivity index (χ1) is 13.1. The third-order valence-corrected chi connectivity index (χ3v) is 4.04. The molecule has 27 heavy (non-hydrogen) atoms. The zero-order chi connectivity index (χ0) is 18.8. The minimum Gasteiger partial charge on any atom is -0.504 e. The Bertz CT molecular complexity index is 1110. The van der Waals surface area contributed by atoms with Gasteiger partial charge >= 0.3 is 0 Å². The van der Waals surface area contributed by atoms with E-state index in [0.717, 1.165) is 16.7 Å². The number of hydrogen-bond acceptors (Lipinski definition) is 5. The molecule has 0 aliphatic heterocycles. The third-order valence-electron chi connectivity index (χ3n) is 4.04. The van der Waals surface area contributed by atoms with Crippen molar-refractivity contribution in [3.05, 3.63) is 78.3 Å². The molecule has 0 aliphatic carbocycles. The van der Waals surface area contributed by atoms with Gasteiger partial charge in [-0.3, -0.25) is 4.79 Å². The molecular weight excluding hydrogens is 344 g/mol. The average molecular weight is 360 g/mol. The maximum atomic E-state index is 12.3. The number of hydrazone groups is 1. The van der Waals surface area contributed by atoms with Gasteiger partial charge in [-0.05, 0) is 31.2 Å². The van der Waals surface area contributed by atoms with Gasteiger partial charge in [-0.15, -0.1) is 0 Å². The molecule has 0 bridgehead atoms. The minimum absolute atomic E-state index is 0.111. The Kier molecular flexibility index (Phi) is 4.18. The summed E-state index contributed by atoms with van der Waals surface area (Å²) in [6.07, 6.45) is 1.38. The van der Waals surface area contributed by atoms with Crippen LogP contribution >= 0.6 is 0 Å². The summed E-state index contributed by atoms with van der Waals surface area (Å²) in [5.74, 6) is -0.291. The van der Waals surface area contributed by atoms with E-state index >= 15 is 0 Å². The van der Waals surface area contributed by atoms with E-state index in [0.29, 0.717) is 11.5 Å². The van der Waals surface area contributed by atoms with E-state index < -0.39 is 5.91 Å². The lowest BCUT2D eigenvalue weighted by molar-refractivity contribution is 0.0947. The fourth-order valence-electron chi connectivity index (χ4n) is 2.64. The van der Waals surface area contributed by atoms with Gasteiger partial charge in [0.15, 0.2) is 17.2 Å². The summed E-state index contributed by atoms with van der Waals surface area (Å²) < 4.78 is 7.13. The second-order valence-corrected chi connectivity index (χ2v) is 5.93. The van der Waals surface area contributed by atoms with Crippen molar-refractivity contribution in [1.29, 1.82) is 0 Å². The number of carbonyl (C=O) groups is 1. The van der Waals surface area contributed by atoms with Gasteiger partial charge in [-0.1, -0.05) is 36.4 Å². The summed E-state index contributed by atoms with van der Waals surface area (Å²) in [5.41, 5.74) is 4.26. The van der Waals surface area contributed by atoms with Gasteiger partial charge < -0.3 is 9.52 Å². The number of nitrogens with zero attached hydrogens (tertiary/aromatic N) is 3.